The highest BCUT2D eigenvalue weighted by molar-refractivity contribution is 9.12. The molecule has 0 saturated carbocycles. The Bertz CT molecular complexity index is 365. The summed E-state index contributed by atoms with van der Waals surface area (Å²) in [6, 6.07) is 0. The Kier molecular flexibility index (Phi) is 5.25. The van der Waals surface area contributed by atoms with Crippen LogP contribution >= 0.6 is 15.9 Å². The van der Waals surface area contributed by atoms with Crippen LogP contribution in [0.4, 0.5) is 0 Å². The molecule has 0 spiro atoms. The minimum Gasteiger partial charge on any atom is -0.488 e. The first-order valence-electron chi connectivity index (χ1n) is 5.79. The van der Waals surface area contributed by atoms with Gasteiger partial charge >= 0.3 is 5.97 Å². The lowest BCUT2D eigenvalue weighted by Gasteiger charge is -2.14. The molecule has 0 amide bonds. The number of carbonyl (C=O) groups is 1. The SMILES string of the molecule is CCCC(C(=O)OC)C1=C(Br)C(=C(C)C)OC1. The van der Waals surface area contributed by atoms with Gasteiger partial charge in [-0.1, -0.05) is 13.3 Å². The van der Waals surface area contributed by atoms with Crippen LogP contribution in [-0.2, 0) is 14.3 Å². The number of hydrogen-bond donors (Lipinski definition) is 0. The number of carbonyl (C=O) groups excluding carboxylic acids is 1. The smallest absolute Gasteiger partial charge is 0.312 e. The van der Waals surface area contributed by atoms with Crippen molar-refractivity contribution in [3.05, 3.63) is 21.4 Å². The van der Waals surface area contributed by atoms with Crippen molar-refractivity contribution < 1.29 is 14.3 Å². The first-order chi connectivity index (χ1) is 8.02. The van der Waals surface area contributed by atoms with E-state index in [9.17, 15) is 4.79 Å². The maximum Gasteiger partial charge on any atom is 0.312 e. The second-order valence-electron chi connectivity index (χ2n) is 4.32. The minimum absolute atomic E-state index is 0.183. The Hall–Kier alpha value is -0.770. The normalized spacial score (nSPS) is 16.9. The number of ether oxygens (including phenoxy) is 2. The highest BCUT2D eigenvalue weighted by atomic mass is 79.9. The Morgan fingerprint density at radius 1 is 1.53 bits per heavy atom. The topological polar surface area (TPSA) is 35.5 Å². The quantitative estimate of drug-likeness (QED) is 0.745. The van der Waals surface area contributed by atoms with Crippen LogP contribution in [0.2, 0.25) is 0 Å². The Morgan fingerprint density at radius 3 is 2.59 bits per heavy atom. The van der Waals surface area contributed by atoms with Gasteiger partial charge < -0.3 is 9.47 Å². The Balaban J connectivity index is 3.04. The number of rotatable bonds is 4. The zero-order valence-electron chi connectivity index (χ0n) is 10.8. The molecule has 1 rings (SSSR count). The number of hydrogen-bond acceptors (Lipinski definition) is 3. The van der Waals surface area contributed by atoms with Crippen LogP contribution < -0.4 is 0 Å². The van der Waals surface area contributed by atoms with Gasteiger partial charge in [-0.3, -0.25) is 4.79 Å². The lowest BCUT2D eigenvalue weighted by Crippen LogP contribution is -2.19. The summed E-state index contributed by atoms with van der Waals surface area (Å²) in [5.41, 5.74) is 2.10. The van der Waals surface area contributed by atoms with Gasteiger partial charge in [-0.05, 0) is 47.3 Å². The summed E-state index contributed by atoms with van der Waals surface area (Å²) in [7, 11) is 1.43. The average Bonchev–Trinajstić information content (AvgIpc) is 2.67. The monoisotopic (exact) mass is 302 g/mol. The molecule has 96 valence electrons. The molecule has 17 heavy (non-hydrogen) atoms. The van der Waals surface area contributed by atoms with E-state index in [1.54, 1.807) is 0 Å². The van der Waals surface area contributed by atoms with Crippen LogP contribution in [0, 0.1) is 5.92 Å². The first-order valence-corrected chi connectivity index (χ1v) is 6.59. The van der Waals surface area contributed by atoms with E-state index in [0.717, 1.165) is 34.2 Å². The van der Waals surface area contributed by atoms with Crippen molar-refractivity contribution in [3.63, 3.8) is 0 Å². The van der Waals surface area contributed by atoms with Crippen molar-refractivity contribution >= 4 is 21.9 Å². The molecule has 1 atom stereocenters. The minimum atomic E-state index is -0.198. The van der Waals surface area contributed by atoms with Gasteiger partial charge in [0, 0.05) is 0 Å². The van der Waals surface area contributed by atoms with Gasteiger partial charge in [0.2, 0.25) is 0 Å². The second kappa shape index (κ2) is 6.24. The average molecular weight is 303 g/mol. The molecule has 3 nitrogen and oxygen atoms in total. The molecule has 0 saturated heterocycles. The molecular formula is C13H19BrO3. The molecule has 0 bridgehead atoms. The summed E-state index contributed by atoms with van der Waals surface area (Å²) in [6.07, 6.45) is 1.73. The number of halogens is 1. The summed E-state index contributed by atoms with van der Waals surface area (Å²) in [6.45, 7) is 6.52. The van der Waals surface area contributed by atoms with E-state index in [0.29, 0.717) is 6.61 Å². The molecule has 1 unspecified atom stereocenters. The number of esters is 1. The predicted molar refractivity (Wildman–Crippen MR) is 70.7 cm³/mol. The maximum atomic E-state index is 11.8. The van der Waals surface area contributed by atoms with Crippen LogP contribution in [0.5, 0.6) is 0 Å². The fourth-order valence-corrected chi connectivity index (χ4v) is 2.81. The molecule has 0 aliphatic carbocycles. The zero-order chi connectivity index (χ0) is 13.0. The van der Waals surface area contributed by atoms with Gasteiger partial charge in [-0.15, -0.1) is 0 Å². The molecule has 0 radical (unpaired) electrons. The maximum absolute atomic E-state index is 11.8. The molecule has 0 aromatic heterocycles. The van der Waals surface area contributed by atoms with Crippen LogP contribution in [0.25, 0.3) is 0 Å². The van der Waals surface area contributed by atoms with E-state index in [2.05, 4.69) is 22.9 Å². The van der Waals surface area contributed by atoms with Gasteiger partial charge in [0.25, 0.3) is 0 Å². The van der Waals surface area contributed by atoms with Gasteiger partial charge in [0.05, 0.1) is 17.5 Å². The lowest BCUT2D eigenvalue weighted by molar-refractivity contribution is -0.144. The highest BCUT2D eigenvalue weighted by Crippen LogP contribution is 2.37. The lowest BCUT2D eigenvalue weighted by atomic mass is 9.95. The first kappa shape index (κ1) is 14.3. The number of allylic oxidation sites excluding steroid dienone is 2. The molecule has 0 N–H and O–H groups in total. The molecule has 0 aromatic carbocycles. The molecule has 1 aliphatic heterocycles. The largest absolute Gasteiger partial charge is 0.488 e. The molecule has 1 aliphatic rings. The van der Waals surface area contributed by atoms with Crippen molar-refractivity contribution in [1.82, 2.24) is 0 Å². The van der Waals surface area contributed by atoms with Crippen molar-refractivity contribution in [2.75, 3.05) is 13.7 Å². The van der Waals surface area contributed by atoms with E-state index in [1.807, 2.05) is 13.8 Å². The van der Waals surface area contributed by atoms with E-state index < -0.39 is 0 Å². The molecule has 4 heteroatoms. The number of methoxy groups -OCH3 is 1. The van der Waals surface area contributed by atoms with Crippen molar-refractivity contribution in [2.24, 2.45) is 5.92 Å². The summed E-state index contributed by atoms with van der Waals surface area (Å²) >= 11 is 3.53. The standard InChI is InChI=1S/C13H19BrO3/c1-5-6-9(13(15)16-4)10-7-17-12(8(2)3)11(10)14/h9H,5-7H2,1-4H3. The fourth-order valence-electron chi connectivity index (χ4n) is 1.91. The van der Waals surface area contributed by atoms with Gasteiger partial charge in [0.15, 0.2) is 0 Å². The molecule has 0 fully saturated rings. The van der Waals surface area contributed by atoms with Crippen LogP contribution in [0.3, 0.4) is 0 Å². The molecule has 1 heterocycles. The van der Waals surface area contributed by atoms with Crippen LogP contribution in [0.1, 0.15) is 33.6 Å². The predicted octanol–water partition coefficient (Wildman–Crippen LogP) is 3.55. The third-order valence-electron chi connectivity index (χ3n) is 2.79. The highest BCUT2D eigenvalue weighted by Gasteiger charge is 2.31. The third-order valence-corrected chi connectivity index (χ3v) is 3.66. The summed E-state index contributed by atoms with van der Waals surface area (Å²) < 4.78 is 11.4. The summed E-state index contributed by atoms with van der Waals surface area (Å²) in [5, 5.41) is 0. The van der Waals surface area contributed by atoms with E-state index in [1.165, 1.54) is 7.11 Å². The van der Waals surface area contributed by atoms with E-state index in [-0.39, 0.29) is 11.9 Å². The Morgan fingerprint density at radius 2 is 2.18 bits per heavy atom. The summed E-state index contributed by atoms with van der Waals surface area (Å²) in [5.74, 6) is 0.471. The Labute approximate surface area is 111 Å². The molecular weight excluding hydrogens is 284 g/mol. The van der Waals surface area contributed by atoms with E-state index >= 15 is 0 Å². The van der Waals surface area contributed by atoms with Gasteiger partial charge in [-0.2, -0.15) is 0 Å². The van der Waals surface area contributed by atoms with Crippen LogP contribution in [0.15, 0.2) is 21.4 Å². The van der Waals surface area contributed by atoms with E-state index in [4.69, 9.17) is 9.47 Å². The third kappa shape index (κ3) is 3.12. The van der Waals surface area contributed by atoms with Crippen molar-refractivity contribution in [2.45, 2.75) is 33.6 Å². The summed E-state index contributed by atoms with van der Waals surface area (Å²) in [4.78, 5) is 11.8. The van der Waals surface area contributed by atoms with Gasteiger partial charge in [0.1, 0.15) is 12.4 Å². The van der Waals surface area contributed by atoms with Crippen molar-refractivity contribution in [1.29, 1.82) is 0 Å². The van der Waals surface area contributed by atoms with Crippen LogP contribution in [-0.4, -0.2) is 19.7 Å². The molecule has 0 aromatic rings. The fraction of sp³-hybridized carbons (Fsp3) is 0.615. The zero-order valence-corrected chi connectivity index (χ0v) is 12.4. The second-order valence-corrected chi connectivity index (χ2v) is 5.11. The van der Waals surface area contributed by atoms with Crippen molar-refractivity contribution in [3.8, 4) is 0 Å². The van der Waals surface area contributed by atoms with Gasteiger partial charge in [-0.25, -0.2) is 0 Å².